The summed E-state index contributed by atoms with van der Waals surface area (Å²) in [7, 11) is 1.82. The first kappa shape index (κ1) is 22.9. The minimum absolute atomic E-state index is 0.0242. The molecule has 34 heavy (non-hydrogen) atoms. The third kappa shape index (κ3) is 4.18. The number of para-hydroxylation sites is 2. The van der Waals surface area contributed by atoms with Crippen molar-refractivity contribution in [2.24, 2.45) is 7.05 Å². The largest absolute Gasteiger partial charge is 0.416 e. The van der Waals surface area contributed by atoms with Gasteiger partial charge >= 0.3 is 11.9 Å². The summed E-state index contributed by atoms with van der Waals surface area (Å²) >= 11 is 1.51. The number of aryl methyl sites for hydroxylation is 2. The van der Waals surface area contributed by atoms with Gasteiger partial charge in [0.25, 0.3) is 0 Å². The SMILES string of the molecule is Cc1sc(-c2ccc(C(F)(F)F)cc2)nc1CN1CCC(n2c(=O)n(C)c3ccccc32)CC1. The fourth-order valence-corrected chi connectivity index (χ4v) is 5.65. The van der Waals surface area contributed by atoms with Crippen LogP contribution in [0.5, 0.6) is 0 Å². The summed E-state index contributed by atoms with van der Waals surface area (Å²) in [5.41, 5.74) is 2.95. The number of imidazole rings is 1. The zero-order chi connectivity index (χ0) is 24.0. The molecule has 2 aromatic heterocycles. The fraction of sp³-hybridized carbons (Fsp3) is 0.360. The molecule has 2 aromatic carbocycles. The first-order valence-corrected chi connectivity index (χ1v) is 12.1. The summed E-state index contributed by atoms with van der Waals surface area (Å²) in [6.45, 7) is 4.41. The van der Waals surface area contributed by atoms with Gasteiger partial charge in [0.15, 0.2) is 0 Å². The van der Waals surface area contributed by atoms with Crippen molar-refractivity contribution < 1.29 is 13.2 Å². The van der Waals surface area contributed by atoms with Crippen molar-refractivity contribution in [2.45, 2.75) is 38.5 Å². The second-order valence-electron chi connectivity index (χ2n) is 8.80. The molecule has 1 aliphatic rings. The highest BCUT2D eigenvalue weighted by molar-refractivity contribution is 7.15. The third-order valence-corrected chi connectivity index (χ3v) is 7.71. The van der Waals surface area contributed by atoms with E-state index < -0.39 is 11.7 Å². The van der Waals surface area contributed by atoms with E-state index in [0.29, 0.717) is 12.1 Å². The summed E-state index contributed by atoms with van der Waals surface area (Å²) in [5, 5.41) is 0.735. The second kappa shape index (κ2) is 8.70. The molecule has 0 spiro atoms. The first-order valence-electron chi connectivity index (χ1n) is 11.2. The molecule has 1 fully saturated rings. The number of nitrogens with zero attached hydrogens (tertiary/aromatic N) is 4. The van der Waals surface area contributed by atoms with Crippen LogP contribution in [-0.4, -0.2) is 32.1 Å². The molecular formula is C25H25F3N4OS. The molecule has 5 rings (SSSR count). The number of thiazole rings is 1. The van der Waals surface area contributed by atoms with E-state index in [1.54, 1.807) is 4.57 Å². The lowest BCUT2D eigenvalue weighted by molar-refractivity contribution is -0.137. The molecule has 1 saturated heterocycles. The second-order valence-corrected chi connectivity index (χ2v) is 10.0. The number of halogens is 3. The van der Waals surface area contributed by atoms with Crippen molar-refractivity contribution in [3.8, 4) is 10.6 Å². The van der Waals surface area contributed by atoms with Crippen molar-refractivity contribution >= 4 is 22.4 Å². The Hall–Kier alpha value is -2.91. The van der Waals surface area contributed by atoms with Crippen LogP contribution < -0.4 is 5.69 Å². The Kier molecular flexibility index (Phi) is 5.85. The Morgan fingerprint density at radius 2 is 1.68 bits per heavy atom. The van der Waals surface area contributed by atoms with E-state index >= 15 is 0 Å². The van der Waals surface area contributed by atoms with Gasteiger partial charge in [0.1, 0.15) is 5.01 Å². The van der Waals surface area contributed by atoms with E-state index in [9.17, 15) is 18.0 Å². The van der Waals surface area contributed by atoms with Crippen LogP contribution >= 0.6 is 11.3 Å². The Balaban J connectivity index is 1.28. The van der Waals surface area contributed by atoms with Crippen LogP contribution in [0.4, 0.5) is 13.2 Å². The smallest absolute Gasteiger partial charge is 0.297 e. The van der Waals surface area contributed by atoms with Gasteiger partial charge in [-0.2, -0.15) is 13.2 Å². The van der Waals surface area contributed by atoms with Crippen LogP contribution in [0.3, 0.4) is 0 Å². The highest BCUT2D eigenvalue weighted by Gasteiger charge is 2.30. The van der Waals surface area contributed by atoms with E-state index in [2.05, 4.69) is 4.90 Å². The van der Waals surface area contributed by atoms with Gasteiger partial charge in [-0.3, -0.25) is 14.0 Å². The molecule has 1 aliphatic heterocycles. The van der Waals surface area contributed by atoms with E-state index in [4.69, 9.17) is 4.98 Å². The van der Waals surface area contributed by atoms with E-state index in [-0.39, 0.29) is 11.7 Å². The van der Waals surface area contributed by atoms with Gasteiger partial charge in [0.05, 0.1) is 22.3 Å². The molecule has 9 heteroatoms. The first-order chi connectivity index (χ1) is 16.2. The molecule has 0 atom stereocenters. The van der Waals surface area contributed by atoms with Crippen molar-refractivity contribution in [3.63, 3.8) is 0 Å². The molecule has 0 unspecified atom stereocenters. The summed E-state index contributed by atoms with van der Waals surface area (Å²) in [6.07, 6.45) is -2.59. The summed E-state index contributed by atoms with van der Waals surface area (Å²) in [4.78, 5) is 21.0. The van der Waals surface area contributed by atoms with Crippen molar-refractivity contribution in [1.29, 1.82) is 0 Å². The van der Waals surface area contributed by atoms with E-state index in [1.165, 1.54) is 23.5 Å². The zero-order valence-corrected chi connectivity index (χ0v) is 19.8. The van der Waals surface area contributed by atoms with E-state index in [1.807, 2.05) is 42.8 Å². The van der Waals surface area contributed by atoms with Crippen LogP contribution in [0, 0.1) is 6.92 Å². The zero-order valence-electron chi connectivity index (χ0n) is 19.0. The molecule has 0 radical (unpaired) electrons. The van der Waals surface area contributed by atoms with Gasteiger partial charge in [-0.15, -0.1) is 11.3 Å². The number of fused-ring (bicyclic) bond motifs is 1. The van der Waals surface area contributed by atoms with Crippen LogP contribution in [-0.2, 0) is 19.8 Å². The molecule has 3 heterocycles. The summed E-state index contributed by atoms with van der Waals surface area (Å²) in [6, 6.07) is 13.2. The number of likely N-dealkylation sites (tertiary alicyclic amines) is 1. The van der Waals surface area contributed by atoms with Crippen LogP contribution in [0.2, 0.25) is 0 Å². The maximum Gasteiger partial charge on any atom is 0.416 e. The molecule has 0 N–H and O–H groups in total. The maximum atomic E-state index is 12.9. The average Bonchev–Trinajstić information content (AvgIpc) is 3.31. The quantitative estimate of drug-likeness (QED) is 0.376. The number of benzene rings is 2. The number of aromatic nitrogens is 3. The monoisotopic (exact) mass is 486 g/mol. The Bertz CT molecular complexity index is 1380. The molecule has 178 valence electrons. The molecule has 5 nitrogen and oxygen atoms in total. The topological polar surface area (TPSA) is 43.1 Å². The highest BCUT2D eigenvalue weighted by Crippen LogP contribution is 2.34. The number of hydrogen-bond donors (Lipinski definition) is 0. The Morgan fingerprint density at radius 3 is 2.32 bits per heavy atom. The van der Waals surface area contributed by atoms with Crippen molar-refractivity contribution in [1.82, 2.24) is 19.0 Å². The van der Waals surface area contributed by atoms with Crippen LogP contribution in [0.25, 0.3) is 21.6 Å². The van der Waals surface area contributed by atoms with Gasteiger partial charge in [-0.25, -0.2) is 9.78 Å². The molecule has 0 saturated carbocycles. The maximum absolute atomic E-state index is 12.9. The predicted octanol–water partition coefficient (Wildman–Crippen LogP) is 5.63. The lowest BCUT2D eigenvalue weighted by Gasteiger charge is -2.32. The Labute approximate surface area is 199 Å². The lowest BCUT2D eigenvalue weighted by Crippen LogP contribution is -2.37. The third-order valence-electron chi connectivity index (χ3n) is 6.64. The Morgan fingerprint density at radius 1 is 1.03 bits per heavy atom. The lowest BCUT2D eigenvalue weighted by atomic mass is 10.0. The van der Waals surface area contributed by atoms with Gasteiger partial charge in [0.2, 0.25) is 0 Å². The molecule has 0 aliphatic carbocycles. The number of alkyl halides is 3. The van der Waals surface area contributed by atoms with Gasteiger partial charge < -0.3 is 0 Å². The van der Waals surface area contributed by atoms with Gasteiger partial charge in [0, 0.05) is 43.2 Å². The molecule has 4 aromatic rings. The van der Waals surface area contributed by atoms with Gasteiger partial charge in [-0.05, 0) is 44.0 Å². The minimum Gasteiger partial charge on any atom is -0.297 e. The minimum atomic E-state index is -4.34. The number of rotatable bonds is 4. The predicted molar refractivity (Wildman–Crippen MR) is 128 cm³/mol. The van der Waals surface area contributed by atoms with Crippen molar-refractivity contribution in [2.75, 3.05) is 13.1 Å². The molecule has 0 bridgehead atoms. The van der Waals surface area contributed by atoms with Crippen LogP contribution in [0.15, 0.2) is 53.3 Å². The van der Waals surface area contributed by atoms with Crippen LogP contribution in [0.1, 0.15) is 35.0 Å². The number of hydrogen-bond acceptors (Lipinski definition) is 4. The normalized spacial score (nSPS) is 15.9. The fourth-order valence-electron chi connectivity index (χ4n) is 4.72. The van der Waals surface area contributed by atoms with Gasteiger partial charge in [-0.1, -0.05) is 24.3 Å². The summed E-state index contributed by atoms with van der Waals surface area (Å²) in [5.74, 6) is 0. The van der Waals surface area contributed by atoms with Crippen molar-refractivity contribution in [3.05, 3.63) is 75.1 Å². The summed E-state index contributed by atoms with van der Waals surface area (Å²) < 4.78 is 42.2. The standard InChI is InChI=1S/C25H25F3N4OS/c1-16-20(29-23(34-16)17-7-9-18(10-8-17)25(26,27)28)15-31-13-11-19(12-14-31)32-22-6-4-3-5-21(22)30(2)24(32)33/h3-10,19H,11-15H2,1-2H3. The molecule has 0 amide bonds. The van der Waals surface area contributed by atoms with E-state index in [0.717, 1.165) is 64.7 Å². The molecular weight excluding hydrogens is 461 g/mol. The number of piperidine rings is 1. The highest BCUT2D eigenvalue weighted by atomic mass is 32.1. The average molecular weight is 487 g/mol.